The van der Waals surface area contributed by atoms with Crippen molar-refractivity contribution in [3.05, 3.63) is 28.8 Å². The molecule has 1 aromatic carbocycles. The smallest absolute Gasteiger partial charge is 0.255 e. The number of hydrogen-bond acceptors (Lipinski definition) is 4. The molecule has 7 heteroatoms. The van der Waals surface area contributed by atoms with Gasteiger partial charge in [0.2, 0.25) is 0 Å². The first-order chi connectivity index (χ1) is 10.1. The summed E-state index contributed by atoms with van der Waals surface area (Å²) in [5, 5.41) is 0.276. The monoisotopic (exact) mass is 344 g/mol. The highest BCUT2D eigenvalue weighted by Crippen LogP contribution is 2.26. The van der Waals surface area contributed by atoms with Gasteiger partial charge in [0.05, 0.1) is 15.5 Å². The van der Waals surface area contributed by atoms with Gasteiger partial charge in [0.15, 0.2) is 9.84 Å². The third-order valence-electron chi connectivity index (χ3n) is 4.12. The topological polar surface area (TPSA) is 57.7 Å². The van der Waals surface area contributed by atoms with Gasteiger partial charge in [-0.25, -0.2) is 8.42 Å². The second-order valence-electron chi connectivity index (χ2n) is 6.13. The van der Waals surface area contributed by atoms with E-state index >= 15 is 0 Å². The highest BCUT2D eigenvalue weighted by molar-refractivity contribution is 7.90. The Morgan fingerprint density at radius 2 is 1.95 bits per heavy atom. The molecule has 0 bridgehead atoms. The largest absolute Gasteiger partial charge is 0.337 e. The summed E-state index contributed by atoms with van der Waals surface area (Å²) < 4.78 is 23.3. The van der Waals surface area contributed by atoms with E-state index in [9.17, 15) is 13.2 Å². The molecule has 1 aromatic rings. The molecule has 1 saturated heterocycles. The summed E-state index contributed by atoms with van der Waals surface area (Å²) in [6.07, 6.45) is 1.12. The fourth-order valence-corrected chi connectivity index (χ4v) is 3.70. The lowest BCUT2D eigenvalue weighted by Crippen LogP contribution is -2.35. The molecule has 5 nitrogen and oxygen atoms in total. The van der Waals surface area contributed by atoms with Crippen LogP contribution in [-0.4, -0.2) is 63.6 Å². The van der Waals surface area contributed by atoms with Crippen LogP contribution in [0.5, 0.6) is 0 Å². The van der Waals surface area contributed by atoms with Crippen LogP contribution in [0.15, 0.2) is 23.1 Å². The van der Waals surface area contributed by atoms with Crippen molar-refractivity contribution in [1.82, 2.24) is 9.80 Å². The van der Waals surface area contributed by atoms with Gasteiger partial charge in [-0.3, -0.25) is 4.79 Å². The fourth-order valence-electron chi connectivity index (χ4n) is 2.86. The van der Waals surface area contributed by atoms with Gasteiger partial charge in [-0.1, -0.05) is 18.5 Å². The molecule has 0 unspecified atom stereocenters. The molecular weight excluding hydrogens is 324 g/mol. The fraction of sp³-hybridized carbons (Fsp3) is 0.533. The molecule has 1 fully saturated rings. The van der Waals surface area contributed by atoms with E-state index in [-0.39, 0.29) is 21.4 Å². The maximum Gasteiger partial charge on any atom is 0.255 e. The van der Waals surface area contributed by atoms with Gasteiger partial charge in [0, 0.05) is 25.4 Å². The quantitative estimate of drug-likeness (QED) is 0.838. The second-order valence-corrected chi connectivity index (χ2v) is 8.56. The lowest BCUT2D eigenvalue weighted by atomic mass is 10.1. The van der Waals surface area contributed by atoms with Gasteiger partial charge in [-0.2, -0.15) is 0 Å². The number of rotatable bonds is 3. The Labute approximate surface area is 136 Å². The van der Waals surface area contributed by atoms with Crippen molar-refractivity contribution >= 4 is 27.3 Å². The van der Waals surface area contributed by atoms with Gasteiger partial charge in [0.25, 0.3) is 5.91 Å². The molecule has 1 amide bonds. The third kappa shape index (κ3) is 3.45. The minimum atomic E-state index is -3.37. The second kappa shape index (κ2) is 6.18. The average molecular weight is 345 g/mol. The van der Waals surface area contributed by atoms with Crippen LogP contribution in [0.3, 0.4) is 0 Å². The number of likely N-dealkylation sites (tertiary alicyclic amines) is 1. The van der Waals surface area contributed by atoms with E-state index in [1.165, 1.54) is 18.2 Å². The Balaban J connectivity index is 2.31. The first-order valence-electron chi connectivity index (χ1n) is 7.06. The Morgan fingerprint density at radius 3 is 2.45 bits per heavy atom. The number of nitrogens with zero attached hydrogens (tertiary/aromatic N) is 2. The summed E-state index contributed by atoms with van der Waals surface area (Å²) in [6, 6.07) is 4.55. The molecule has 22 heavy (non-hydrogen) atoms. The van der Waals surface area contributed by atoms with Crippen LogP contribution in [0, 0.1) is 5.92 Å². The minimum absolute atomic E-state index is 0.108. The van der Waals surface area contributed by atoms with Crippen LogP contribution >= 0.6 is 11.6 Å². The maximum atomic E-state index is 12.7. The van der Waals surface area contributed by atoms with Gasteiger partial charge in [-0.05, 0) is 38.2 Å². The molecule has 1 heterocycles. The van der Waals surface area contributed by atoms with Crippen molar-refractivity contribution in [3.63, 3.8) is 0 Å². The molecule has 0 aromatic heterocycles. The van der Waals surface area contributed by atoms with Crippen molar-refractivity contribution < 1.29 is 13.2 Å². The Hall–Kier alpha value is -1.11. The Bertz CT molecular complexity index is 688. The van der Waals surface area contributed by atoms with Crippen LogP contribution < -0.4 is 0 Å². The summed E-state index contributed by atoms with van der Waals surface area (Å²) in [4.78, 5) is 16.6. The minimum Gasteiger partial charge on any atom is -0.337 e. The number of amides is 1. The molecule has 0 spiro atoms. The van der Waals surface area contributed by atoms with E-state index in [1.807, 2.05) is 14.1 Å². The Kier molecular flexibility index (Phi) is 4.84. The summed E-state index contributed by atoms with van der Waals surface area (Å²) in [7, 11) is 0.613. The summed E-state index contributed by atoms with van der Waals surface area (Å²) >= 11 is 6.10. The number of sulfone groups is 1. The lowest BCUT2D eigenvalue weighted by molar-refractivity contribution is 0.0781. The zero-order chi connectivity index (χ0) is 16.7. The first kappa shape index (κ1) is 17.2. The summed E-state index contributed by atoms with van der Waals surface area (Å²) in [5.41, 5.74) is 0.246. The van der Waals surface area contributed by atoms with Crippen molar-refractivity contribution in [2.75, 3.05) is 33.4 Å². The van der Waals surface area contributed by atoms with E-state index in [4.69, 9.17) is 11.6 Å². The van der Waals surface area contributed by atoms with Gasteiger partial charge in [0.1, 0.15) is 0 Å². The zero-order valence-electron chi connectivity index (χ0n) is 13.2. The van der Waals surface area contributed by atoms with Crippen molar-refractivity contribution in [2.24, 2.45) is 5.92 Å². The molecule has 1 aliphatic heterocycles. The van der Waals surface area contributed by atoms with Crippen LogP contribution in [0.1, 0.15) is 17.3 Å². The lowest BCUT2D eigenvalue weighted by Gasteiger charge is -2.22. The standard InChI is InChI=1S/C15H21ClN2O3S/c1-10-8-18(9-14(10)17(2)3)15(19)12-7-11(22(4,20)21)5-6-13(12)16/h5-7,10,14H,8-9H2,1-4H3/t10-,14-/m1/s1. The highest BCUT2D eigenvalue weighted by atomic mass is 35.5. The number of carbonyl (C=O) groups is 1. The molecule has 122 valence electrons. The van der Waals surface area contributed by atoms with Crippen molar-refractivity contribution in [3.8, 4) is 0 Å². The van der Waals surface area contributed by atoms with Gasteiger partial charge < -0.3 is 9.80 Å². The number of halogens is 1. The van der Waals surface area contributed by atoms with Crippen molar-refractivity contribution in [1.29, 1.82) is 0 Å². The molecule has 0 saturated carbocycles. The molecule has 0 aliphatic carbocycles. The SMILES string of the molecule is C[C@@H]1CN(C(=O)c2cc(S(C)(=O)=O)ccc2Cl)C[C@H]1N(C)C. The molecule has 1 aliphatic rings. The average Bonchev–Trinajstić information content (AvgIpc) is 2.79. The van der Waals surface area contributed by atoms with E-state index < -0.39 is 9.84 Å². The summed E-state index contributed by atoms with van der Waals surface area (Å²) in [5.74, 6) is 0.141. The normalized spacial score (nSPS) is 22.4. The number of carbonyl (C=O) groups excluding carboxylic acids is 1. The predicted molar refractivity (Wildman–Crippen MR) is 87.1 cm³/mol. The zero-order valence-corrected chi connectivity index (χ0v) is 14.8. The third-order valence-corrected chi connectivity index (χ3v) is 5.56. The van der Waals surface area contributed by atoms with E-state index in [0.717, 1.165) is 6.26 Å². The maximum absolute atomic E-state index is 12.7. The van der Waals surface area contributed by atoms with E-state index in [0.29, 0.717) is 25.0 Å². The van der Waals surface area contributed by atoms with Crippen LogP contribution in [-0.2, 0) is 9.84 Å². The Morgan fingerprint density at radius 1 is 1.32 bits per heavy atom. The first-order valence-corrected chi connectivity index (χ1v) is 9.33. The highest BCUT2D eigenvalue weighted by Gasteiger charge is 2.34. The van der Waals surface area contributed by atoms with Crippen LogP contribution in [0.2, 0.25) is 5.02 Å². The number of likely N-dealkylation sites (N-methyl/N-ethyl adjacent to an activating group) is 1. The molecule has 2 rings (SSSR count). The number of hydrogen-bond donors (Lipinski definition) is 0. The molecule has 0 N–H and O–H groups in total. The summed E-state index contributed by atoms with van der Waals surface area (Å²) in [6.45, 7) is 3.36. The molecular formula is C15H21ClN2O3S. The molecule has 2 atom stereocenters. The van der Waals surface area contributed by atoms with Crippen molar-refractivity contribution in [2.45, 2.75) is 17.9 Å². The van der Waals surface area contributed by atoms with Crippen LogP contribution in [0.25, 0.3) is 0 Å². The van der Waals surface area contributed by atoms with E-state index in [2.05, 4.69) is 11.8 Å². The molecule has 0 radical (unpaired) electrons. The predicted octanol–water partition coefficient (Wildman–Crippen LogP) is 1.77. The van der Waals surface area contributed by atoms with Crippen LogP contribution in [0.4, 0.5) is 0 Å². The van der Waals surface area contributed by atoms with Gasteiger partial charge in [-0.15, -0.1) is 0 Å². The van der Waals surface area contributed by atoms with Gasteiger partial charge >= 0.3 is 0 Å². The van der Waals surface area contributed by atoms with E-state index in [1.54, 1.807) is 4.90 Å². The number of benzene rings is 1.